The SMILES string of the molecule is CCCCCC(CCCCC)CCCOC(=O)CCCCCCCN(CCCN)CCCCCCCC(=O)OCCCC(CCCCC)CCCCC. The summed E-state index contributed by atoms with van der Waals surface area (Å²) < 4.78 is 11.2. The molecule has 0 aromatic heterocycles. The molecule has 0 aromatic carbocycles. The lowest BCUT2D eigenvalue weighted by Crippen LogP contribution is -2.28. The zero-order valence-electron chi connectivity index (χ0n) is 36.4. The quantitative estimate of drug-likeness (QED) is 0.0494. The first kappa shape index (κ1) is 51.9. The van der Waals surface area contributed by atoms with Crippen LogP contribution in [0.15, 0.2) is 0 Å². The first-order chi connectivity index (χ1) is 26.0. The topological polar surface area (TPSA) is 81.9 Å². The Morgan fingerprint density at radius 3 is 1.09 bits per heavy atom. The zero-order valence-corrected chi connectivity index (χ0v) is 36.4. The van der Waals surface area contributed by atoms with Crippen molar-refractivity contribution in [1.29, 1.82) is 0 Å². The van der Waals surface area contributed by atoms with Gasteiger partial charge < -0.3 is 20.1 Å². The molecule has 0 rings (SSSR count). The number of carbonyl (C=O) groups excluding carboxylic acids is 2. The molecule has 0 saturated heterocycles. The van der Waals surface area contributed by atoms with E-state index in [1.807, 2.05) is 0 Å². The summed E-state index contributed by atoms with van der Waals surface area (Å²) in [6.45, 7) is 14.4. The molecule has 6 heteroatoms. The first-order valence-electron chi connectivity index (χ1n) is 23.7. The molecule has 0 aromatic rings. The predicted molar refractivity (Wildman–Crippen MR) is 229 cm³/mol. The van der Waals surface area contributed by atoms with Crippen LogP contribution < -0.4 is 5.73 Å². The van der Waals surface area contributed by atoms with Crippen molar-refractivity contribution < 1.29 is 19.1 Å². The third-order valence-corrected chi connectivity index (χ3v) is 11.3. The van der Waals surface area contributed by atoms with Gasteiger partial charge in [-0.1, -0.05) is 169 Å². The van der Waals surface area contributed by atoms with Crippen LogP contribution in [0.2, 0.25) is 0 Å². The van der Waals surface area contributed by atoms with Crippen molar-refractivity contribution in [3.63, 3.8) is 0 Å². The minimum absolute atomic E-state index is 0.00343. The molecule has 0 bridgehead atoms. The van der Waals surface area contributed by atoms with Crippen LogP contribution in [0.4, 0.5) is 0 Å². The summed E-state index contributed by atoms with van der Waals surface area (Å²) >= 11 is 0. The highest BCUT2D eigenvalue weighted by Gasteiger charge is 2.12. The lowest BCUT2D eigenvalue weighted by Gasteiger charge is -2.22. The summed E-state index contributed by atoms with van der Waals surface area (Å²) in [7, 11) is 0. The Balaban J connectivity index is 3.93. The van der Waals surface area contributed by atoms with E-state index in [4.69, 9.17) is 15.2 Å². The predicted octanol–water partition coefficient (Wildman–Crippen LogP) is 13.5. The maximum Gasteiger partial charge on any atom is 0.305 e. The third kappa shape index (κ3) is 37.6. The maximum atomic E-state index is 12.3. The summed E-state index contributed by atoms with van der Waals surface area (Å²) in [6.07, 6.45) is 39.3. The van der Waals surface area contributed by atoms with Gasteiger partial charge >= 0.3 is 11.9 Å². The van der Waals surface area contributed by atoms with Crippen molar-refractivity contribution in [1.82, 2.24) is 4.90 Å². The van der Waals surface area contributed by atoms with Gasteiger partial charge in [0.2, 0.25) is 0 Å². The number of carbonyl (C=O) groups is 2. The summed E-state index contributed by atoms with van der Waals surface area (Å²) in [5.74, 6) is 1.61. The molecule has 316 valence electrons. The van der Waals surface area contributed by atoms with E-state index in [0.29, 0.717) is 26.1 Å². The highest BCUT2D eigenvalue weighted by molar-refractivity contribution is 5.69. The van der Waals surface area contributed by atoms with Gasteiger partial charge in [0.25, 0.3) is 0 Å². The molecular weight excluding hydrogens is 657 g/mol. The zero-order chi connectivity index (χ0) is 38.9. The molecule has 0 heterocycles. The van der Waals surface area contributed by atoms with Crippen LogP contribution in [0.1, 0.15) is 240 Å². The summed E-state index contributed by atoms with van der Waals surface area (Å²) in [4.78, 5) is 27.1. The average Bonchev–Trinajstić information content (AvgIpc) is 3.15. The van der Waals surface area contributed by atoms with E-state index < -0.39 is 0 Å². The Bertz CT molecular complexity index is 685. The number of unbranched alkanes of at least 4 members (excludes halogenated alkanes) is 16. The van der Waals surface area contributed by atoms with E-state index in [1.54, 1.807) is 0 Å². The molecule has 0 aliphatic heterocycles. The molecule has 0 fully saturated rings. The summed E-state index contributed by atoms with van der Waals surface area (Å²) in [5, 5.41) is 0. The average molecular weight is 751 g/mol. The van der Waals surface area contributed by atoms with Crippen LogP contribution in [0, 0.1) is 11.8 Å². The smallest absolute Gasteiger partial charge is 0.305 e. The first-order valence-corrected chi connectivity index (χ1v) is 23.7. The van der Waals surface area contributed by atoms with Crippen molar-refractivity contribution in [3.05, 3.63) is 0 Å². The van der Waals surface area contributed by atoms with Gasteiger partial charge in [0.1, 0.15) is 0 Å². The van der Waals surface area contributed by atoms with Crippen LogP contribution in [0.25, 0.3) is 0 Å². The number of nitrogens with two attached hydrogens (primary N) is 1. The number of hydrogen-bond donors (Lipinski definition) is 1. The van der Waals surface area contributed by atoms with E-state index in [0.717, 1.165) is 83.0 Å². The molecule has 6 nitrogen and oxygen atoms in total. The van der Waals surface area contributed by atoms with E-state index in [9.17, 15) is 9.59 Å². The molecule has 0 aliphatic rings. The Kier molecular flexibility index (Phi) is 41.1. The molecule has 0 radical (unpaired) electrons. The number of esters is 2. The molecule has 53 heavy (non-hydrogen) atoms. The van der Waals surface area contributed by atoms with Gasteiger partial charge in [-0.25, -0.2) is 0 Å². The summed E-state index contributed by atoms with van der Waals surface area (Å²) in [5.41, 5.74) is 5.83. The lowest BCUT2D eigenvalue weighted by molar-refractivity contribution is -0.144. The summed E-state index contributed by atoms with van der Waals surface area (Å²) in [6, 6.07) is 0. The van der Waals surface area contributed by atoms with Crippen LogP contribution in [0.5, 0.6) is 0 Å². The fraction of sp³-hybridized carbons (Fsp3) is 0.957. The minimum Gasteiger partial charge on any atom is -0.466 e. The van der Waals surface area contributed by atoms with E-state index in [-0.39, 0.29) is 11.9 Å². The highest BCUT2D eigenvalue weighted by Crippen LogP contribution is 2.24. The molecule has 0 atom stereocenters. The van der Waals surface area contributed by atoms with Gasteiger partial charge in [-0.2, -0.15) is 0 Å². The number of nitrogens with zero attached hydrogens (tertiary/aromatic N) is 1. The molecule has 0 saturated carbocycles. The second-order valence-corrected chi connectivity index (χ2v) is 16.5. The molecule has 0 unspecified atom stereocenters. The monoisotopic (exact) mass is 751 g/mol. The van der Waals surface area contributed by atoms with Crippen molar-refractivity contribution >= 4 is 11.9 Å². The van der Waals surface area contributed by atoms with Gasteiger partial charge in [-0.05, 0) is 95.8 Å². The highest BCUT2D eigenvalue weighted by atomic mass is 16.5. The molecule has 0 spiro atoms. The number of rotatable bonds is 43. The Morgan fingerprint density at radius 2 is 0.736 bits per heavy atom. The molecule has 0 amide bonds. The number of hydrogen-bond acceptors (Lipinski definition) is 6. The number of ether oxygens (including phenoxy) is 2. The van der Waals surface area contributed by atoms with Crippen LogP contribution in [-0.4, -0.2) is 56.2 Å². The van der Waals surface area contributed by atoms with Gasteiger partial charge in [-0.15, -0.1) is 0 Å². The minimum atomic E-state index is -0.00343. The van der Waals surface area contributed by atoms with Gasteiger partial charge in [0.15, 0.2) is 0 Å². The standard InChI is InChI=1S/C47H94N2O4/c1-5-9-19-30-44(31-20-10-6-2)34-27-42-52-46(50)36-23-15-13-17-25-39-49(41-29-38-48)40-26-18-14-16-24-37-47(51)53-43-28-35-45(32-21-11-7-3)33-22-12-8-4/h44-45H,5-43,48H2,1-4H3. The van der Waals surface area contributed by atoms with Crippen molar-refractivity contribution in [2.45, 2.75) is 240 Å². The maximum absolute atomic E-state index is 12.3. The van der Waals surface area contributed by atoms with Crippen LogP contribution in [-0.2, 0) is 19.1 Å². The fourth-order valence-corrected chi connectivity index (χ4v) is 7.78. The van der Waals surface area contributed by atoms with Crippen molar-refractivity contribution in [2.24, 2.45) is 17.6 Å². The normalized spacial score (nSPS) is 11.7. The van der Waals surface area contributed by atoms with Crippen LogP contribution in [0.3, 0.4) is 0 Å². The third-order valence-electron chi connectivity index (χ3n) is 11.3. The second-order valence-electron chi connectivity index (χ2n) is 16.5. The van der Waals surface area contributed by atoms with Gasteiger partial charge in [0.05, 0.1) is 13.2 Å². The largest absolute Gasteiger partial charge is 0.466 e. The van der Waals surface area contributed by atoms with Gasteiger partial charge in [-0.3, -0.25) is 9.59 Å². The van der Waals surface area contributed by atoms with Gasteiger partial charge in [0, 0.05) is 12.8 Å². The van der Waals surface area contributed by atoms with Crippen molar-refractivity contribution in [2.75, 3.05) is 39.4 Å². The second kappa shape index (κ2) is 42.0. The molecule has 2 N–H and O–H groups in total. The van der Waals surface area contributed by atoms with E-state index in [2.05, 4.69) is 32.6 Å². The van der Waals surface area contributed by atoms with Crippen molar-refractivity contribution in [3.8, 4) is 0 Å². The Labute approximate surface area is 331 Å². The molecular formula is C47H94N2O4. The van der Waals surface area contributed by atoms with E-state index in [1.165, 1.54) is 154 Å². The lowest BCUT2D eigenvalue weighted by atomic mass is 9.91. The molecule has 0 aliphatic carbocycles. The van der Waals surface area contributed by atoms with Crippen LogP contribution >= 0.6 is 0 Å². The Hall–Kier alpha value is -1.14. The van der Waals surface area contributed by atoms with E-state index >= 15 is 0 Å². The Morgan fingerprint density at radius 1 is 0.415 bits per heavy atom. The fourth-order valence-electron chi connectivity index (χ4n) is 7.78.